The zero-order valence-corrected chi connectivity index (χ0v) is 9.77. The lowest BCUT2D eigenvalue weighted by Crippen LogP contribution is -2.32. The predicted molar refractivity (Wildman–Crippen MR) is 58.4 cm³/mol. The second-order valence-corrected chi connectivity index (χ2v) is 4.22. The molecule has 88 valence electrons. The van der Waals surface area contributed by atoms with Gasteiger partial charge in [0.1, 0.15) is 0 Å². The summed E-state index contributed by atoms with van der Waals surface area (Å²) in [4.78, 5) is 17.6. The molecule has 0 atom stereocenters. The quantitative estimate of drug-likeness (QED) is 0.726. The van der Waals surface area contributed by atoms with Gasteiger partial charge in [0, 0.05) is 12.8 Å². The summed E-state index contributed by atoms with van der Waals surface area (Å²) in [7, 11) is 0. The van der Waals surface area contributed by atoms with E-state index >= 15 is 0 Å². The molecule has 0 saturated carbocycles. The van der Waals surface area contributed by atoms with Crippen molar-refractivity contribution in [1.29, 1.82) is 0 Å². The number of likely N-dealkylation sites (tertiary alicyclic amines) is 1. The van der Waals surface area contributed by atoms with Crippen molar-refractivity contribution in [1.82, 2.24) is 15.0 Å². The van der Waals surface area contributed by atoms with Crippen LogP contribution in [0.15, 0.2) is 4.52 Å². The van der Waals surface area contributed by atoms with E-state index in [0.717, 1.165) is 32.5 Å². The molecule has 5 nitrogen and oxygen atoms in total. The summed E-state index contributed by atoms with van der Waals surface area (Å²) in [6.45, 7) is 6.85. The van der Waals surface area contributed by atoms with Gasteiger partial charge in [0.25, 0.3) is 5.89 Å². The van der Waals surface area contributed by atoms with Gasteiger partial charge in [-0.25, -0.2) is 0 Å². The number of Topliss-reactive ketones (excluding diaryl/α,β-unsaturated/α-hetero) is 1. The summed E-state index contributed by atoms with van der Waals surface area (Å²) >= 11 is 0. The molecule has 0 aliphatic carbocycles. The van der Waals surface area contributed by atoms with Crippen LogP contribution in [0.5, 0.6) is 0 Å². The summed E-state index contributed by atoms with van der Waals surface area (Å²) in [5.74, 6) is 1.01. The number of piperidine rings is 1. The van der Waals surface area contributed by atoms with Crippen LogP contribution in [-0.2, 0) is 0 Å². The lowest BCUT2D eigenvalue weighted by atomic mass is 9.96. The Balaban J connectivity index is 2.00. The molecule has 1 fully saturated rings. The average Bonchev–Trinajstić information content (AvgIpc) is 2.78. The highest BCUT2D eigenvalue weighted by Gasteiger charge is 2.24. The van der Waals surface area contributed by atoms with Gasteiger partial charge in [-0.15, -0.1) is 0 Å². The number of nitrogens with zero attached hydrogens (tertiary/aromatic N) is 3. The highest BCUT2D eigenvalue weighted by Crippen LogP contribution is 2.25. The van der Waals surface area contributed by atoms with Gasteiger partial charge in [-0.2, -0.15) is 4.98 Å². The van der Waals surface area contributed by atoms with Crippen molar-refractivity contribution in [3.8, 4) is 0 Å². The first-order chi connectivity index (χ1) is 7.70. The molecule has 0 N–H and O–H groups in total. The third-order valence-electron chi connectivity index (χ3n) is 3.14. The maximum Gasteiger partial charge on any atom is 0.293 e. The molecule has 0 aromatic carbocycles. The Kier molecular flexibility index (Phi) is 3.33. The Bertz CT molecular complexity index is 367. The summed E-state index contributed by atoms with van der Waals surface area (Å²) in [6.07, 6.45) is 2.09. The first kappa shape index (κ1) is 11.3. The Labute approximate surface area is 94.8 Å². The van der Waals surface area contributed by atoms with Crippen molar-refractivity contribution in [2.45, 2.75) is 32.6 Å². The number of aromatic nitrogens is 2. The van der Waals surface area contributed by atoms with Gasteiger partial charge >= 0.3 is 0 Å². The van der Waals surface area contributed by atoms with Crippen LogP contribution in [0.3, 0.4) is 0 Å². The van der Waals surface area contributed by atoms with E-state index in [2.05, 4.69) is 22.0 Å². The van der Waals surface area contributed by atoms with Gasteiger partial charge in [0.15, 0.2) is 5.82 Å². The van der Waals surface area contributed by atoms with Crippen molar-refractivity contribution in [2.24, 2.45) is 0 Å². The topological polar surface area (TPSA) is 59.2 Å². The van der Waals surface area contributed by atoms with Crippen LogP contribution in [0.2, 0.25) is 0 Å². The van der Waals surface area contributed by atoms with Gasteiger partial charge in [-0.3, -0.25) is 4.79 Å². The molecule has 1 saturated heterocycles. The van der Waals surface area contributed by atoms with Gasteiger partial charge in [-0.05, 0) is 32.5 Å². The van der Waals surface area contributed by atoms with Crippen LogP contribution in [0, 0.1) is 0 Å². The van der Waals surface area contributed by atoms with Crippen LogP contribution >= 0.6 is 0 Å². The molecule has 1 aromatic rings. The highest BCUT2D eigenvalue weighted by atomic mass is 16.5. The number of carbonyl (C=O) groups excluding carboxylic acids is 1. The first-order valence-corrected chi connectivity index (χ1v) is 5.77. The largest absolute Gasteiger partial charge is 0.331 e. The molecular formula is C11H17N3O2. The Morgan fingerprint density at radius 3 is 2.69 bits per heavy atom. The van der Waals surface area contributed by atoms with Crippen LogP contribution in [0.1, 0.15) is 49.1 Å². The number of hydrogen-bond acceptors (Lipinski definition) is 5. The molecule has 0 spiro atoms. The van der Waals surface area contributed by atoms with Gasteiger partial charge in [-0.1, -0.05) is 12.1 Å². The van der Waals surface area contributed by atoms with Crippen molar-refractivity contribution in [3.63, 3.8) is 0 Å². The van der Waals surface area contributed by atoms with E-state index in [4.69, 9.17) is 4.52 Å². The Hall–Kier alpha value is -1.23. The van der Waals surface area contributed by atoms with Crippen LogP contribution in [0.25, 0.3) is 0 Å². The van der Waals surface area contributed by atoms with Crippen molar-refractivity contribution in [3.05, 3.63) is 11.7 Å². The molecule has 2 rings (SSSR count). The predicted octanol–water partition coefficient (Wildman–Crippen LogP) is 1.47. The van der Waals surface area contributed by atoms with Crippen molar-refractivity contribution in [2.75, 3.05) is 19.6 Å². The number of rotatable bonds is 3. The van der Waals surface area contributed by atoms with Gasteiger partial charge < -0.3 is 9.42 Å². The SMILES string of the molecule is CCN1CCC(c2noc(C(C)=O)n2)CC1. The molecule has 5 heteroatoms. The summed E-state index contributed by atoms with van der Waals surface area (Å²) in [6, 6.07) is 0. The molecule has 0 bridgehead atoms. The molecule has 2 heterocycles. The van der Waals surface area contributed by atoms with Crippen molar-refractivity contribution < 1.29 is 9.32 Å². The third-order valence-corrected chi connectivity index (χ3v) is 3.14. The minimum Gasteiger partial charge on any atom is -0.331 e. The van der Waals surface area contributed by atoms with Gasteiger partial charge in [0.2, 0.25) is 5.78 Å². The smallest absolute Gasteiger partial charge is 0.293 e. The molecule has 0 radical (unpaired) electrons. The van der Waals surface area contributed by atoms with Crippen LogP contribution in [0.4, 0.5) is 0 Å². The Morgan fingerprint density at radius 2 is 2.19 bits per heavy atom. The highest BCUT2D eigenvalue weighted by molar-refractivity contribution is 5.89. The minimum absolute atomic E-state index is 0.132. The molecule has 0 unspecified atom stereocenters. The molecule has 1 aromatic heterocycles. The standard InChI is InChI=1S/C11H17N3O2/c1-3-14-6-4-9(5-7-14)10-12-11(8(2)15)16-13-10/h9H,3-7H2,1-2H3. The third kappa shape index (κ3) is 2.29. The van der Waals surface area contributed by atoms with E-state index in [-0.39, 0.29) is 11.7 Å². The maximum absolute atomic E-state index is 11.0. The second kappa shape index (κ2) is 4.74. The molecule has 1 aliphatic rings. The first-order valence-electron chi connectivity index (χ1n) is 5.77. The average molecular weight is 223 g/mol. The van der Waals surface area contributed by atoms with E-state index in [0.29, 0.717) is 11.7 Å². The molecule has 16 heavy (non-hydrogen) atoms. The van der Waals surface area contributed by atoms with E-state index in [1.54, 1.807) is 0 Å². The molecule has 1 aliphatic heterocycles. The fourth-order valence-corrected chi connectivity index (χ4v) is 2.05. The normalized spacial score (nSPS) is 18.9. The number of ketones is 1. The zero-order valence-electron chi connectivity index (χ0n) is 9.77. The van der Waals surface area contributed by atoms with E-state index in [1.165, 1.54) is 6.92 Å². The molecular weight excluding hydrogens is 206 g/mol. The lowest BCUT2D eigenvalue weighted by molar-refractivity contribution is 0.0972. The maximum atomic E-state index is 11.0. The lowest BCUT2D eigenvalue weighted by Gasteiger charge is -2.29. The fraction of sp³-hybridized carbons (Fsp3) is 0.727. The van der Waals surface area contributed by atoms with Crippen LogP contribution < -0.4 is 0 Å². The number of hydrogen-bond donors (Lipinski definition) is 0. The van der Waals surface area contributed by atoms with Gasteiger partial charge in [0.05, 0.1) is 0 Å². The Morgan fingerprint density at radius 1 is 1.50 bits per heavy atom. The fourth-order valence-electron chi connectivity index (χ4n) is 2.05. The summed E-state index contributed by atoms with van der Waals surface area (Å²) in [5.41, 5.74) is 0. The second-order valence-electron chi connectivity index (χ2n) is 4.22. The van der Waals surface area contributed by atoms with E-state index < -0.39 is 0 Å². The van der Waals surface area contributed by atoms with Crippen LogP contribution in [-0.4, -0.2) is 40.5 Å². The number of carbonyl (C=O) groups is 1. The summed E-state index contributed by atoms with van der Waals surface area (Å²) in [5, 5.41) is 3.89. The summed E-state index contributed by atoms with van der Waals surface area (Å²) < 4.78 is 4.91. The molecule has 0 amide bonds. The van der Waals surface area contributed by atoms with Crippen molar-refractivity contribution >= 4 is 5.78 Å². The minimum atomic E-state index is -0.162. The zero-order chi connectivity index (χ0) is 11.5. The van der Waals surface area contributed by atoms with E-state index in [1.807, 2.05) is 0 Å². The van der Waals surface area contributed by atoms with E-state index in [9.17, 15) is 4.79 Å². The monoisotopic (exact) mass is 223 g/mol.